The molecule has 1 aliphatic rings. The normalized spacial score (nSPS) is 16.2. The van der Waals surface area contributed by atoms with Crippen LogP contribution in [-0.4, -0.2) is 44.5 Å². The monoisotopic (exact) mass is 532 g/mol. The first-order chi connectivity index (χ1) is 18.3. The van der Waals surface area contributed by atoms with Crippen LogP contribution in [0.2, 0.25) is 0 Å². The van der Waals surface area contributed by atoms with Crippen molar-refractivity contribution in [1.82, 2.24) is 0 Å². The third-order valence-corrected chi connectivity index (χ3v) is 6.20. The Morgan fingerprint density at radius 2 is 1.47 bits per heavy atom. The van der Waals surface area contributed by atoms with Gasteiger partial charge >= 0.3 is 0 Å². The van der Waals surface area contributed by atoms with Crippen LogP contribution in [0.3, 0.4) is 0 Å². The van der Waals surface area contributed by atoms with E-state index in [4.69, 9.17) is 19.3 Å². The maximum atomic E-state index is 10.5. The molecule has 0 aromatic heterocycles. The van der Waals surface area contributed by atoms with Gasteiger partial charge in [0.2, 0.25) is 0 Å². The molecule has 2 rings (SSSR count). The molecule has 6 nitrogen and oxygen atoms in total. The molecule has 0 bridgehead atoms. The molecule has 0 aliphatic heterocycles. The van der Waals surface area contributed by atoms with Crippen LogP contribution in [0, 0.1) is 11.8 Å². The lowest BCUT2D eigenvalue weighted by Crippen LogP contribution is -2.22. The van der Waals surface area contributed by atoms with Gasteiger partial charge in [-0.25, -0.2) is 0 Å². The molecule has 0 amide bonds. The van der Waals surface area contributed by atoms with E-state index in [1.165, 1.54) is 30.4 Å². The third-order valence-electron chi connectivity index (χ3n) is 6.20. The zero-order valence-corrected chi connectivity index (χ0v) is 24.3. The minimum absolute atomic E-state index is 0.0840. The van der Waals surface area contributed by atoms with E-state index >= 15 is 0 Å². The molecule has 0 atom stereocenters. The maximum Gasteiger partial charge on any atom is 0.293 e. The fourth-order valence-electron chi connectivity index (χ4n) is 4.29. The van der Waals surface area contributed by atoms with Gasteiger partial charge in [0.15, 0.2) is 0 Å². The SMILES string of the molecule is C=C(C)C.C=C(C)CO.CCCCCCOc1ccc(C2CCC(CC(COC=O)COC=O)CC2)cc1. The molecule has 1 aromatic carbocycles. The Morgan fingerprint density at radius 1 is 0.947 bits per heavy atom. The lowest BCUT2D eigenvalue weighted by Gasteiger charge is -2.30. The highest BCUT2D eigenvalue weighted by Gasteiger charge is 2.25. The minimum atomic E-state index is 0.0840. The summed E-state index contributed by atoms with van der Waals surface area (Å²) in [5.74, 6) is 2.24. The molecule has 6 heteroatoms. The molecule has 1 saturated carbocycles. The lowest BCUT2D eigenvalue weighted by atomic mass is 9.76. The predicted octanol–water partition coefficient (Wildman–Crippen LogP) is 7.41. The first-order valence-electron chi connectivity index (χ1n) is 14.0. The van der Waals surface area contributed by atoms with Crippen molar-refractivity contribution >= 4 is 12.9 Å². The number of carbonyl (C=O) groups is 2. The van der Waals surface area contributed by atoms with Crippen molar-refractivity contribution in [2.24, 2.45) is 11.8 Å². The second-order valence-corrected chi connectivity index (χ2v) is 10.5. The Bertz CT molecular complexity index is 734. The van der Waals surface area contributed by atoms with Gasteiger partial charge in [-0.2, -0.15) is 0 Å². The zero-order chi connectivity index (χ0) is 28.6. The van der Waals surface area contributed by atoms with E-state index in [1.54, 1.807) is 6.92 Å². The van der Waals surface area contributed by atoms with Crippen LogP contribution in [0.4, 0.5) is 0 Å². The summed E-state index contributed by atoms with van der Waals surface area (Å²) in [5, 5.41) is 8.04. The summed E-state index contributed by atoms with van der Waals surface area (Å²) < 4.78 is 15.6. The molecule has 38 heavy (non-hydrogen) atoms. The number of rotatable bonds is 16. The topological polar surface area (TPSA) is 82.1 Å². The van der Waals surface area contributed by atoms with Gasteiger partial charge in [0.05, 0.1) is 26.4 Å². The predicted molar refractivity (Wildman–Crippen MR) is 155 cm³/mol. The first kappa shape index (κ1) is 35.4. The van der Waals surface area contributed by atoms with Crippen LogP contribution < -0.4 is 4.74 Å². The summed E-state index contributed by atoms with van der Waals surface area (Å²) in [7, 11) is 0. The average Bonchev–Trinajstić information content (AvgIpc) is 2.91. The Morgan fingerprint density at radius 3 is 1.92 bits per heavy atom. The molecule has 1 aromatic rings. The van der Waals surface area contributed by atoms with E-state index in [0.29, 0.717) is 38.0 Å². The average molecular weight is 533 g/mol. The summed E-state index contributed by atoms with van der Waals surface area (Å²) in [6.07, 6.45) is 10.4. The third kappa shape index (κ3) is 19.5. The summed E-state index contributed by atoms with van der Waals surface area (Å²) in [6.45, 7) is 17.4. The van der Waals surface area contributed by atoms with Gasteiger partial charge in [-0.15, -0.1) is 6.58 Å². The Kier molecular flexibility index (Phi) is 21.9. The minimum Gasteiger partial charge on any atom is -0.494 e. The highest BCUT2D eigenvalue weighted by molar-refractivity contribution is 5.37. The van der Waals surface area contributed by atoms with Crippen LogP contribution in [0.25, 0.3) is 0 Å². The smallest absolute Gasteiger partial charge is 0.293 e. The van der Waals surface area contributed by atoms with E-state index in [9.17, 15) is 9.59 Å². The van der Waals surface area contributed by atoms with Crippen molar-refractivity contribution < 1.29 is 28.9 Å². The Labute approximate surface area is 231 Å². The van der Waals surface area contributed by atoms with E-state index in [0.717, 1.165) is 56.5 Å². The molecule has 0 spiro atoms. The van der Waals surface area contributed by atoms with E-state index < -0.39 is 0 Å². The summed E-state index contributed by atoms with van der Waals surface area (Å²) >= 11 is 0. The molecule has 216 valence electrons. The van der Waals surface area contributed by atoms with Crippen molar-refractivity contribution in [3.05, 3.63) is 54.1 Å². The van der Waals surface area contributed by atoms with Gasteiger partial charge in [0.1, 0.15) is 5.75 Å². The van der Waals surface area contributed by atoms with E-state index in [-0.39, 0.29) is 12.5 Å². The maximum absolute atomic E-state index is 10.5. The zero-order valence-electron chi connectivity index (χ0n) is 24.3. The number of benzene rings is 1. The number of allylic oxidation sites excluding steroid dienone is 1. The molecule has 1 N–H and O–H groups in total. The molecule has 0 unspecified atom stereocenters. The van der Waals surface area contributed by atoms with Gasteiger partial charge in [0, 0.05) is 5.92 Å². The molecule has 0 saturated heterocycles. The van der Waals surface area contributed by atoms with Gasteiger partial charge < -0.3 is 19.3 Å². The molecular formula is C32H52O6. The van der Waals surface area contributed by atoms with Crippen molar-refractivity contribution in [2.75, 3.05) is 26.4 Å². The quantitative estimate of drug-likeness (QED) is 0.136. The van der Waals surface area contributed by atoms with E-state index in [2.05, 4.69) is 44.3 Å². The Hall–Kier alpha value is -2.60. The molecule has 0 heterocycles. The van der Waals surface area contributed by atoms with Crippen molar-refractivity contribution in [1.29, 1.82) is 0 Å². The molecule has 0 radical (unpaired) electrons. The fraction of sp³-hybridized carbons (Fsp3) is 0.625. The van der Waals surface area contributed by atoms with Crippen molar-refractivity contribution in [3.63, 3.8) is 0 Å². The van der Waals surface area contributed by atoms with Crippen LogP contribution in [-0.2, 0) is 19.1 Å². The number of ether oxygens (including phenoxy) is 3. The fourth-order valence-corrected chi connectivity index (χ4v) is 4.29. The van der Waals surface area contributed by atoms with Crippen molar-refractivity contribution in [3.8, 4) is 5.75 Å². The summed E-state index contributed by atoms with van der Waals surface area (Å²) in [4.78, 5) is 20.9. The van der Waals surface area contributed by atoms with Crippen LogP contribution in [0.5, 0.6) is 5.75 Å². The van der Waals surface area contributed by atoms with Gasteiger partial charge in [-0.3, -0.25) is 9.59 Å². The highest BCUT2D eigenvalue weighted by Crippen LogP contribution is 2.38. The number of aliphatic hydroxyl groups excluding tert-OH is 1. The van der Waals surface area contributed by atoms with Crippen LogP contribution in [0.1, 0.15) is 97.0 Å². The van der Waals surface area contributed by atoms with Crippen LogP contribution in [0.15, 0.2) is 48.6 Å². The van der Waals surface area contributed by atoms with Crippen molar-refractivity contribution in [2.45, 2.75) is 91.4 Å². The van der Waals surface area contributed by atoms with Crippen LogP contribution >= 0.6 is 0 Å². The van der Waals surface area contributed by atoms with E-state index in [1.807, 2.05) is 13.8 Å². The molecule has 1 fully saturated rings. The Balaban J connectivity index is 0.00000131. The second kappa shape index (κ2) is 23.5. The summed E-state index contributed by atoms with van der Waals surface area (Å²) in [5.41, 5.74) is 3.37. The molecular weight excluding hydrogens is 480 g/mol. The van der Waals surface area contributed by atoms with Gasteiger partial charge in [-0.1, -0.05) is 56.0 Å². The second-order valence-electron chi connectivity index (χ2n) is 10.5. The number of aliphatic hydroxyl groups is 1. The number of carbonyl (C=O) groups excluding carboxylic acids is 2. The summed E-state index contributed by atoms with van der Waals surface area (Å²) in [6, 6.07) is 8.63. The van der Waals surface area contributed by atoms with Gasteiger partial charge in [0.25, 0.3) is 12.9 Å². The standard InChI is InChI=1S/C24H36O5.C4H8O.C4H8/c1-2-3-4-5-14-29-24-12-10-23(11-13-24)22-8-6-20(7-9-22)15-21(16-27-18-25)17-28-19-26;1-4(2)3-5;1-4(2)3/h10-13,18-22H,2-9,14-17H2,1H3;5H,1,3H2,2H3;1H2,2-3H3. The lowest BCUT2D eigenvalue weighted by molar-refractivity contribution is -0.133. The largest absolute Gasteiger partial charge is 0.494 e. The van der Waals surface area contributed by atoms with Gasteiger partial charge in [-0.05, 0) is 88.8 Å². The number of hydrogen-bond donors (Lipinski definition) is 1. The number of hydrogen-bond acceptors (Lipinski definition) is 6. The highest BCUT2D eigenvalue weighted by atomic mass is 16.5. The molecule has 1 aliphatic carbocycles. The number of unbranched alkanes of at least 4 members (excludes halogenated alkanes) is 3. The first-order valence-corrected chi connectivity index (χ1v) is 14.0.